The molecule has 1 amide bonds. The third-order valence-corrected chi connectivity index (χ3v) is 7.20. The first-order chi connectivity index (χ1) is 15.4. The van der Waals surface area contributed by atoms with E-state index in [1.54, 1.807) is 17.0 Å². The molecule has 0 N–H and O–H groups in total. The summed E-state index contributed by atoms with van der Waals surface area (Å²) in [4.78, 5) is 52.8. The number of thiophene rings is 1. The van der Waals surface area contributed by atoms with Crippen LogP contribution in [0, 0.1) is 0 Å². The van der Waals surface area contributed by atoms with Crippen LogP contribution in [0.4, 0.5) is 0 Å². The molecular formula is C23H26N2O6S. The second-order valence-corrected chi connectivity index (χ2v) is 9.18. The first kappa shape index (κ1) is 22.3. The van der Waals surface area contributed by atoms with E-state index in [4.69, 9.17) is 9.47 Å². The number of hydrogen-bond donors (Lipinski definition) is 0. The largest absolute Gasteiger partial charge is 0.489 e. The van der Waals surface area contributed by atoms with Gasteiger partial charge in [-0.05, 0) is 44.7 Å². The third kappa shape index (κ3) is 4.34. The molecule has 1 aliphatic carbocycles. The van der Waals surface area contributed by atoms with Gasteiger partial charge in [0.05, 0.1) is 23.0 Å². The van der Waals surface area contributed by atoms with Crippen molar-refractivity contribution in [3.8, 4) is 5.75 Å². The quantitative estimate of drug-likeness (QED) is 0.505. The van der Waals surface area contributed by atoms with Crippen LogP contribution < -0.4 is 10.3 Å². The van der Waals surface area contributed by atoms with E-state index in [-0.39, 0.29) is 41.2 Å². The van der Waals surface area contributed by atoms with E-state index in [0.29, 0.717) is 35.0 Å². The Bertz CT molecular complexity index is 1110. The van der Waals surface area contributed by atoms with Crippen LogP contribution in [0.15, 0.2) is 23.0 Å². The van der Waals surface area contributed by atoms with E-state index < -0.39 is 5.97 Å². The van der Waals surface area contributed by atoms with Crippen LogP contribution in [-0.2, 0) is 17.7 Å². The molecule has 4 rings (SSSR count). The van der Waals surface area contributed by atoms with Crippen LogP contribution in [0.5, 0.6) is 5.75 Å². The zero-order valence-electron chi connectivity index (χ0n) is 18.2. The highest BCUT2D eigenvalue weighted by molar-refractivity contribution is 7.15. The van der Waals surface area contributed by atoms with Crippen molar-refractivity contribution in [3.05, 3.63) is 49.6 Å². The summed E-state index contributed by atoms with van der Waals surface area (Å²) in [6, 6.07) is 4.67. The summed E-state index contributed by atoms with van der Waals surface area (Å²) >= 11 is 1.16. The van der Waals surface area contributed by atoms with Crippen molar-refractivity contribution in [1.82, 2.24) is 9.47 Å². The molecule has 0 unspecified atom stereocenters. The number of carbonyl (C=O) groups excluding carboxylic acids is 3. The fraction of sp³-hybridized carbons (Fsp3) is 0.478. The molecule has 1 saturated carbocycles. The second kappa shape index (κ2) is 9.28. The molecule has 2 aliphatic rings. The molecule has 9 heteroatoms. The standard InChI is InChI=1S/C23H26N2O6S/c1-14(26)18-7-8-19(32-18)22(28)24-10-9-16-21(23(29)30-2)17(31-15-5-3-4-6-15)13-20(27)25(16)12-11-24/h7-8,13,15H,3-6,9-12H2,1-2H3. The summed E-state index contributed by atoms with van der Waals surface area (Å²) in [5.41, 5.74) is 0.538. The van der Waals surface area contributed by atoms with Gasteiger partial charge < -0.3 is 18.9 Å². The molecule has 32 heavy (non-hydrogen) atoms. The van der Waals surface area contributed by atoms with Crippen LogP contribution in [-0.4, -0.2) is 53.4 Å². The number of methoxy groups -OCH3 is 1. The van der Waals surface area contributed by atoms with Gasteiger partial charge in [-0.3, -0.25) is 14.4 Å². The van der Waals surface area contributed by atoms with Crippen molar-refractivity contribution in [2.75, 3.05) is 20.2 Å². The van der Waals surface area contributed by atoms with E-state index in [2.05, 4.69) is 0 Å². The highest BCUT2D eigenvalue weighted by Crippen LogP contribution is 2.29. The molecule has 0 radical (unpaired) electrons. The van der Waals surface area contributed by atoms with E-state index in [9.17, 15) is 19.2 Å². The maximum atomic E-state index is 13.0. The number of amides is 1. The maximum Gasteiger partial charge on any atom is 0.343 e. The highest BCUT2D eigenvalue weighted by Gasteiger charge is 2.29. The molecular weight excluding hydrogens is 432 g/mol. The predicted octanol–water partition coefficient (Wildman–Crippen LogP) is 2.92. The molecule has 0 aromatic carbocycles. The lowest BCUT2D eigenvalue weighted by atomic mass is 10.1. The zero-order valence-corrected chi connectivity index (χ0v) is 19.0. The SMILES string of the molecule is COC(=O)c1c(OC2CCCC2)cc(=O)n2c1CCN(C(=O)c1ccc(C(C)=O)s1)CC2. The number of fused-ring (bicyclic) bond motifs is 1. The van der Waals surface area contributed by atoms with Crippen molar-refractivity contribution in [2.24, 2.45) is 0 Å². The Morgan fingerprint density at radius 1 is 1.06 bits per heavy atom. The summed E-state index contributed by atoms with van der Waals surface area (Å²) in [6.45, 7) is 2.39. The minimum atomic E-state index is -0.550. The van der Waals surface area contributed by atoms with Crippen LogP contribution in [0.25, 0.3) is 0 Å². The maximum absolute atomic E-state index is 13.0. The molecule has 1 fully saturated rings. The van der Waals surface area contributed by atoms with E-state index >= 15 is 0 Å². The van der Waals surface area contributed by atoms with Gasteiger partial charge in [0.1, 0.15) is 11.3 Å². The van der Waals surface area contributed by atoms with Gasteiger partial charge in [-0.2, -0.15) is 0 Å². The number of pyridine rings is 1. The van der Waals surface area contributed by atoms with Gasteiger partial charge >= 0.3 is 5.97 Å². The topological polar surface area (TPSA) is 94.9 Å². The first-order valence-electron chi connectivity index (χ1n) is 10.8. The Morgan fingerprint density at radius 2 is 1.78 bits per heavy atom. The number of nitrogens with zero attached hydrogens (tertiary/aromatic N) is 2. The molecule has 1 aliphatic heterocycles. The molecule has 170 valence electrons. The van der Waals surface area contributed by atoms with Crippen LogP contribution in [0.1, 0.15) is 68.0 Å². The Balaban J connectivity index is 1.63. The second-order valence-electron chi connectivity index (χ2n) is 8.10. The fourth-order valence-electron chi connectivity index (χ4n) is 4.35. The molecule has 2 aromatic rings. The smallest absolute Gasteiger partial charge is 0.343 e. The number of ether oxygens (including phenoxy) is 2. The molecule has 2 aromatic heterocycles. The van der Waals surface area contributed by atoms with E-state index in [1.807, 2.05) is 0 Å². The number of Topliss-reactive ketones (excluding diaryl/α,β-unsaturated/α-hetero) is 1. The Kier molecular flexibility index (Phi) is 6.45. The molecule has 8 nitrogen and oxygen atoms in total. The Morgan fingerprint density at radius 3 is 2.44 bits per heavy atom. The lowest BCUT2D eigenvalue weighted by Gasteiger charge is -2.20. The minimum absolute atomic E-state index is 0.0148. The van der Waals surface area contributed by atoms with Gasteiger partial charge in [0.25, 0.3) is 11.5 Å². The number of aromatic nitrogens is 1. The molecule has 0 saturated heterocycles. The molecule has 0 bridgehead atoms. The van der Waals surface area contributed by atoms with Gasteiger partial charge in [-0.1, -0.05) is 0 Å². The number of ketones is 1. The van der Waals surface area contributed by atoms with Crippen molar-refractivity contribution < 1.29 is 23.9 Å². The molecule has 3 heterocycles. The average molecular weight is 459 g/mol. The minimum Gasteiger partial charge on any atom is -0.489 e. The summed E-state index contributed by atoms with van der Waals surface area (Å²) < 4.78 is 12.6. The summed E-state index contributed by atoms with van der Waals surface area (Å²) in [5, 5.41) is 0. The third-order valence-electron chi connectivity index (χ3n) is 6.03. The van der Waals surface area contributed by atoms with Gasteiger partial charge in [0, 0.05) is 37.8 Å². The van der Waals surface area contributed by atoms with Crippen molar-refractivity contribution >= 4 is 29.0 Å². The number of rotatable bonds is 5. The van der Waals surface area contributed by atoms with E-state index in [0.717, 1.165) is 37.0 Å². The van der Waals surface area contributed by atoms with Crippen LogP contribution in [0.2, 0.25) is 0 Å². The van der Waals surface area contributed by atoms with Crippen molar-refractivity contribution in [3.63, 3.8) is 0 Å². The normalized spacial score (nSPS) is 16.4. The lowest BCUT2D eigenvalue weighted by molar-refractivity contribution is 0.0590. The monoisotopic (exact) mass is 458 g/mol. The Labute approximate surface area is 189 Å². The van der Waals surface area contributed by atoms with Gasteiger partial charge in [0.2, 0.25) is 0 Å². The molecule has 0 atom stereocenters. The van der Waals surface area contributed by atoms with Crippen molar-refractivity contribution in [2.45, 2.75) is 51.7 Å². The predicted molar refractivity (Wildman–Crippen MR) is 119 cm³/mol. The van der Waals surface area contributed by atoms with E-state index in [1.165, 1.54) is 24.7 Å². The van der Waals surface area contributed by atoms with Gasteiger partial charge in [-0.25, -0.2) is 4.79 Å². The zero-order chi connectivity index (χ0) is 22.8. The summed E-state index contributed by atoms with van der Waals surface area (Å²) in [7, 11) is 1.31. The van der Waals surface area contributed by atoms with Gasteiger partial charge in [-0.15, -0.1) is 11.3 Å². The average Bonchev–Trinajstić information content (AvgIpc) is 3.42. The Hall–Kier alpha value is -2.94. The van der Waals surface area contributed by atoms with Crippen LogP contribution in [0.3, 0.4) is 0 Å². The van der Waals surface area contributed by atoms with Gasteiger partial charge in [0.15, 0.2) is 5.78 Å². The number of carbonyl (C=O) groups is 3. The molecule has 0 spiro atoms. The first-order valence-corrected chi connectivity index (χ1v) is 11.6. The fourth-order valence-corrected chi connectivity index (χ4v) is 5.22. The summed E-state index contributed by atoms with van der Waals surface area (Å²) in [6.07, 6.45) is 4.21. The van der Waals surface area contributed by atoms with Crippen molar-refractivity contribution in [1.29, 1.82) is 0 Å². The van der Waals surface area contributed by atoms with Crippen LogP contribution >= 0.6 is 11.3 Å². The number of hydrogen-bond acceptors (Lipinski definition) is 7. The lowest BCUT2D eigenvalue weighted by Crippen LogP contribution is -2.33. The summed E-state index contributed by atoms with van der Waals surface area (Å²) in [5.74, 6) is -0.554. The highest BCUT2D eigenvalue weighted by atomic mass is 32.1. The number of esters is 1.